The Labute approximate surface area is 223 Å². The van der Waals surface area contributed by atoms with Crippen molar-refractivity contribution in [1.29, 1.82) is 0 Å². The van der Waals surface area contributed by atoms with E-state index < -0.39 is 0 Å². The zero-order valence-electron chi connectivity index (χ0n) is 21.9. The van der Waals surface area contributed by atoms with Gasteiger partial charge in [-0.3, -0.25) is 9.59 Å². The first kappa shape index (κ1) is 25.5. The molecule has 0 atom stereocenters. The summed E-state index contributed by atoms with van der Waals surface area (Å²) < 4.78 is 0. The van der Waals surface area contributed by atoms with Crippen molar-refractivity contribution >= 4 is 34.8 Å². The smallest absolute Gasteiger partial charge is 0.251 e. The SMILES string of the molecule is Cc1ccccc1N1CCN(c2ccc(C(=O)NCCCN3CCCC3=O)cc2Nc2ncccn2)CC1. The molecular formula is C29H35N7O2. The van der Waals surface area contributed by atoms with Crippen LogP contribution in [0.2, 0.25) is 0 Å². The number of para-hydroxylation sites is 1. The third-order valence-electron chi connectivity index (χ3n) is 7.21. The first-order valence-corrected chi connectivity index (χ1v) is 13.4. The molecule has 38 heavy (non-hydrogen) atoms. The second-order valence-corrected chi connectivity index (χ2v) is 9.78. The van der Waals surface area contributed by atoms with Crippen LogP contribution in [0.3, 0.4) is 0 Å². The van der Waals surface area contributed by atoms with Gasteiger partial charge in [-0.2, -0.15) is 0 Å². The Kier molecular flexibility index (Phi) is 8.01. The van der Waals surface area contributed by atoms with Crippen molar-refractivity contribution in [2.75, 3.05) is 60.9 Å². The van der Waals surface area contributed by atoms with Crippen LogP contribution in [0.4, 0.5) is 23.0 Å². The van der Waals surface area contributed by atoms with Crippen molar-refractivity contribution in [3.8, 4) is 0 Å². The van der Waals surface area contributed by atoms with Crippen LogP contribution in [-0.2, 0) is 4.79 Å². The number of aromatic nitrogens is 2. The van der Waals surface area contributed by atoms with Crippen molar-refractivity contribution in [2.24, 2.45) is 0 Å². The fraction of sp³-hybridized carbons (Fsp3) is 0.379. The Morgan fingerprint density at radius 1 is 0.921 bits per heavy atom. The number of hydrogen-bond donors (Lipinski definition) is 2. The van der Waals surface area contributed by atoms with Gasteiger partial charge >= 0.3 is 0 Å². The molecule has 9 nitrogen and oxygen atoms in total. The topological polar surface area (TPSA) is 93.7 Å². The number of carbonyl (C=O) groups is 2. The molecule has 2 saturated heterocycles. The Balaban J connectivity index is 1.26. The van der Waals surface area contributed by atoms with E-state index in [1.807, 2.05) is 23.1 Å². The van der Waals surface area contributed by atoms with E-state index in [2.05, 4.69) is 61.6 Å². The lowest BCUT2D eigenvalue weighted by Crippen LogP contribution is -2.47. The van der Waals surface area contributed by atoms with E-state index in [4.69, 9.17) is 0 Å². The van der Waals surface area contributed by atoms with Crippen LogP contribution in [-0.4, -0.2) is 72.5 Å². The van der Waals surface area contributed by atoms with Crippen LogP contribution >= 0.6 is 0 Å². The van der Waals surface area contributed by atoms with Crippen LogP contribution in [0.1, 0.15) is 35.2 Å². The molecule has 2 aromatic carbocycles. The lowest BCUT2D eigenvalue weighted by molar-refractivity contribution is -0.127. The summed E-state index contributed by atoms with van der Waals surface area (Å²) in [6.07, 6.45) is 5.69. The molecule has 0 bridgehead atoms. The van der Waals surface area contributed by atoms with Crippen molar-refractivity contribution in [2.45, 2.75) is 26.2 Å². The number of rotatable bonds is 9. The van der Waals surface area contributed by atoms with Gasteiger partial charge in [0.05, 0.1) is 11.4 Å². The van der Waals surface area contributed by atoms with Gasteiger partial charge in [0, 0.05) is 75.9 Å². The number of piperazine rings is 1. The Hall–Kier alpha value is -4.14. The Bertz CT molecular complexity index is 1260. The third kappa shape index (κ3) is 6.04. The minimum absolute atomic E-state index is 0.134. The van der Waals surface area contributed by atoms with E-state index in [1.54, 1.807) is 18.5 Å². The number of anilines is 4. The molecule has 2 fully saturated rings. The molecule has 2 aliphatic heterocycles. The molecule has 0 aliphatic carbocycles. The van der Waals surface area contributed by atoms with Gasteiger partial charge < -0.3 is 25.3 Å². The number of nitrogens with zero attached hydrogens (tertiary/aromatic N) is 5. The maximum Gasteiger partial charge on any atom is 0.251 e. The first-order chi connectivity index (χ1) is 18.6. The molecule has 0 radical (unpaired) electrons. The number of hydrogen-bond acceptors (Lipinski definition) is 7. The summed E-state index contributed by atoms with van der Waals surface area (Å²) in [6.45, 7) is 7.73. The maximum absolute atomic E-state index is 13.0. The van der Waals surface area contributed by atoms with Gasteiger partial charge in [0.25, 0.3) is 5.91 Å². The predicted molar refractivity (Wildman–Crippen MR) is 150 cm³/mol. The minimum Gasteiger partial charge on any atom is -0.368 e. The van der Waals surface area contributed by atoms with Gasteiger partial charge in [-0.05, 0) is 55.7 Å². The summed E-state index contributed by atoms with van der Waals surface area (Å²) in [7, 11) is 0. The van der Waals surface area contributed by atoms with E-state index >= 15 is 0 Å². The molecule has 0 saturated carbocycles. The number of nitrogens with one attached hydrogen (secondary N) is 2. The Morgan fingerprint density at radius 2 is 1.66 bits per heavy atom. The van der Waals surface area contributed by atoms with Gasteiger partial charge in [0.1, 0.15) is 0 Å². The average Bonchev–Trinajstić information content (AvgIpc) is 3.36. The molecule has 9 heteroatoms. The van der Waals surface area contributed by atoms with Crippen LogP contribution in [0.25, 0.3) is 0 Å². The highest BCUT2D eigenvalue weighted by molar-refractivity contribution is 5.96. The number of carbonyl (C=O) groups excluding carboxylic acids is 2. The van der Waals surface area contributed by atoms with E-state index in [9.17, 15) is 9.59 Å². The molecule has 2 aliphatic rings. The van der Waals surface area contributed by atoms with Crippen molar-refractivity contribution < 1.29 is 9.59 Å². The maximum atomic E-state index is 13.0. The van der Waals surface area contributed by atoms with Crippen molar-refractivity contribution in [3.05, 3.63) is 72.1 Å². The zero-order valence-corrected chi connectivity index (χ0v) is 21.9. The summed E-state index contributed by atoms with van der Waals surface area (Å²) in [4.78, 5) is 40.0. The fourth-order valence-electron chi connectivity index (χ4n) is 5.16. The van der Waals surface area contributed by atoms with Crippen molar-refractivity contribution in [3.63, 3.8) is 0 Å². The van der Waals surface area contributed by atoms with Crippen LogP contribution < -0.4 is 20.4 Å². The predicted octanol–water partition coefficient (Wildman–Crippen LogP) is 3.60. The van der Waals surface area contributed by atoms with Gasteiger partial charge in [0.15, 0.2) is 0 Å². The summed E-state index contributed by atoms with van der Waals surface area (Å²) in [6, 6.07) is 16.0. The highest BCUT2D eigenvalue weighted by Crippen LogP contribution is 2.31. The van der Waals surface area contributed by atoms with E-state index in [-0.39, 0.29) is 11.8 Å². The third-order valence-corrected chi connectivity index (χ3v) is 7.21. The highest BCUT2D eigenvalue weighted by atomic mass is 16.2. The van der Waals surface area contributed by atoms with Gasteiger partial charge in [-0.25, -0.2) is 9.97 Å². The largest absolute Gasteiger partial charge is 0.368 e. The number of benzene rings is 2. The monoisotopic (exact) mass is 513 g/mol. The molecule has 2 N–H and O–H groups in total. The zero-order chi connectivity index (χ0) is 26.3. The fourth-order valence-corrected chi connectivity index (χ4v) is 5.16. The number of aryl methyl sites for hydroxylation is 1. The molecule has 0 unspecified atom stereocenters. The van der Waals surface area contributed by atoms with E-state index in [1.165, 1.54) is 11.3 Å². The van der Waals surface area contributed by atoms with Gasteiger partial charge in [-0.15, -0.1) is 0 Å². The lowest BCUT2D eigenvalue weighted by atomic mass is 10.1. The molecular weight excluding hydrogens is 478 g/mol. The quantitative estimate of drug-likeness (QED) is 0.422. The van der Waals surface area contributed by atoms with E-state index in [0.29, 0.717) is 31.0 Å². The van der Waals surface area contributed by atoms with Gasteiger partial charge in [0.2, 0.25) is 11.9 Å². The van der Waals surface area contributed by atoms with Gasteiger partial charge in [-0.1, -0.05) is 18.2 Å². The standard InChI is InChI=1S/C29H35N7O2/c1-22-7-2-3-8-25(22)34-17-19-35(20-18-34)26-11-10-23(21-24(26)33-29-31-12-5-13-32-29)28(38)30-14-6-16-36-15-4-9-27(36)37/h2-3,5,7-8,10-13,21H,4,6,9,14-20H2,1H3,(H,30,38)(H,31,32,33). The summed E-state index contributed by atoms with van der Waals surface area (Å²) in [5, 5.41) is 6.33. The molecule has 2 amide bonds. The summed E-state index contributed by atoms with van der Waals surface area (Å²) >= 11 is 0. The van der Waals surface area contributed by atoms with Crippen LogP contribution in [0, 0.1) is 6.92 Å². The molecule has 3 aromatic rings. The highest BCUT2D eigenvalue weighted by Gasteiger charge is 2.22. The molecule has 198 valence electrons. The lowest BCUT2D eigenvalue weighted by Gasteiger charge is -2.38. The molecule has 3 heterocycles. The summed E-state index contributed by atoms with van der Waals surface area (Å²) in [5.74, 6) is 0.566. The minimum atomic E-state index is -0.134. The second-order valence-electron chi connectivity index (χ2n) is 9.78. The molecule has 0 spiro atoms. The second kappa shape index (κ2) is 11.9. The van der Waals surface area contributed by atoms with Crippen molar-refractivity contribution in [1.82, 2.24) is 20.2 Å². The molecule has 1 aromatic heterocycles. The van der Waals surface area contributed by atoms with Crippen LogP contribution in [0.15, 0.2) is 60.9 Å². The van der Waals surface area contributed by atoms with Crippen LogP contribution in [0.5, 0.6) is 0 Å². The van der Waals surface area contributed by atoms with E-state index in [0.717, 1.165) is 56.9 Å². The normalized spacial score (nSPS) is 15.6. The first-order valence-electron chi connectivity index (χ1n) is 13.4. The Morgan fingerprint density at radius 3 is 2.37 bits per heavy atom. The number of likely N-dealkylation sites (tertiary alicyclic amines) is 1. The average molecular weight is 514 g/mol. The summed E-state index contributed by atoms with van der Waals surface area (Å²) in [5.41, 5.74) is 4.96. The molecule has 5 rings (SSSR count). The number of amides is 2.